The number of nitriles is 1. The Kier molecular flexibility index (Phi) is 4.40. The van der Waals surface area contributed by atoms with Crippen LogP contribution in [0, 0.1) is 17.2 Å². The van der Waals surface area contributed by atoms with Gasteiger partial charge in [0.05, 0.1) is 29.2 Å². The van der Waals surface area contributed by atoms with Crippen LogP contribution in [0.3, 0.4) is 0 Å². The zero-order valence-corrected chi connectivity index (χ0v) is 16.9. The molecule has 0 aromatic carbocycles. The molecule has 5 rings (SSSR count). The minimum absolute atomic E-state index is 0.0173. The molecule has 0 unspecified atom stereocenters. The van der Waals surface area contributed by atoms with E-state index in [1.54, 1.807) is 39.2 Å². The average molecular weight is 424 g/mol. The lowest BCUT2D eigenvalue weighted by molar-refractivity contribution is 0.311. The number of imidazole rings is 1. The first-order valence-electron chi connectivity index (χ1n) is 9.64. The van der Waals surface area contributed by atoms with Crippen LogP contribution >= 0.6 is 11.6 Å². The van der Waals surface area contributed by atoms with Gasteiger partial charge in [-0.2, -0.15) is 15.3 Å². The Hall–Kier alpha value is -3.45. The highest BCUT2D eigenvalue weighted by Gasteiger charge is 2.26. The quantitative estimate of drug-likeness (QED) is 0.538. The second kappa shape index (κ2) is 7.11. The third-order valence-corrected chi connectivity index (χ3v) is 6.00. The van der Waals surface area contributed by atoms with Gasteiger partial charge in [0, 0.05) is 25.1 Å². The first-order chi connectivity index (χ1) is 14.5. The van der Waals surface area contributed by atoms with Crippen molar-refractivity contribution in [3.63, 3.8) is 0 Å². The summed E-state index contributed by atoms with van der Waals surface area (Å²) in [7, 11) is 1.72. The number of pyridine rings is 1. The molecule has 0 atom stereocenters. The lowest BCUT2D eigenvalue weighted by Gasteiger charge is -2.25. The van der Waals surface area contributed by atoms with E-state index in [0.29, 0.717) is 33.5 Å². The maximum absolute atomic E-state index is 12.9. The van der Waals surface area contributed by atoms with Crippen LogP contribution in [0.1, 0.15) is 31.7 Å². The normalized spacial score (nSPS) is 19.2. The number of aryl methyl sites for hydroxylation is 1. The van der Waals surface area contributed by atoms with Crippen LogP contribution in [0.2, 0.25) is 5.02 Å². The molecule has 11 heteroatoms. The number of hydrogen-bond acceptors (Lipinski definition) is 7. The molecule has 0 radical (unpaired) electrons. The van der Waals surface area contributed by atoms with Crippen LogP contribution in [0.5, 0.6) is 0 Å². The molecule has 0 aliphatic heterocycles. The van der Waals surface area contributed by atoms with E-state index in [-0.39, 0.29) is 17.6 Å². The zero-order chi connectivity index (χ0) is 20.8. The molecule has 1 saturated carbocycles. The van der Waals surface area contributed by atoms with Gasteiger partial charge in [-0.05, 0) is 25.7 Å². The van der Waals surface area contributed by atoms with E-state index in [9.17, 15) is 4.79 Å². The summed E-state index contributed by atoms with van der Waals surface area (Å²) >= 11 is 6.35. The summed E-state index contributed by atoms with van der Waals surface area (Å²) in [6.07, 6.45) is 7.91. The van der Waals surface area contributed by atoms with Gasteiger partial charge in [-0.15, -0.1) is 0 Å². The van der Waals surface area contributed by atoms with Crippen molar-refractivity contribution >= 4 is 40.0 Å². The largest absolute Gasteiger partial charge is 0.330 e. The lowest BCUT2D eigenvalue weighted by Crippen LogP contribution is -2.28. The molecule has 0 spiro atoms. The van der Waals surface area contributed by atoms with Crippen molar-refractivity contribution in [2.24, 2.45) is 13.0 Å². The van der Waals surface area contributed by atoms with Crippen LogP contribution < -0.4 is 11.0 Å². The molecule has 1 aliphatic carbocycles. The van der Waals surface area contributed by atoms with Crippen LogP contribution in [0.4, 0.5) is 11.6 Å². The van der Waals surface area contributed by atoms with E-state index in [2.05, 4.69) is 31.4 Å². The van der Waals surface area contributed by atoms with E-state index in [0.717, 1.165) is 25.7 Å². The van der Waals surface area contributed by atoms with Gasteiger partial charge in [-0.25, -0.2) is 19.3 Å². The number of hydrogen-bond donors (Lipinski definition) is 1. The van der Waals surface area contributed by atoms with E-state index in [1.165, 1.54) is 6.33 Å². The Morgan fingerprint density at radius 1 is 1.27 bits per heavy atom. The molecule has 4 aromatic heterocycles. The number of aromatic nitrogens is 7. The predicted molar refractivity (Wildman–Crippen MR) is 111 cm³/mol. The number of halogens is 1. The SMILES string of the molecule is Cn1c(=O)n(C2CCC(C#N)CC2)c2nc(Nc3cn4ncnc4cc3Cl)ncc21. The van der Waals surface area contributed by atoms with Crippen LogP contribution in [0.25, 0.3) is 16.8 Å². The van der Waals surface area contributed by atoms with Gasteiger partial charge in [0.15, 0.2) is 11.3 Å². The number of anilines is 2. The van der Waals surface area contributed by atoms with Crippen LogP contribution in [0.15, 0.2) is 29.6 Å². The Morgan fingerprint density at radius 3 is 2.83 bits per heavy atom. The molecule has 4 heterocycles. The molecule has 1 N–H and O–H groups in total. The third kappa shape index (κ3) is 2.98. The van der Waals surface area contributed by atoms with E-state index < -0.39 is 0 Å². The average Bonchev–Trinajstić information content (AvgIpc) is 3.30. The van der Waals surface area contributed by atoms with Crippen molar-refractivity contribution < 1.29 is 0 Å². The van der Waals surface area contributed by atoms with Gasteiger partial charge in [0.25, 0.3) is 0 Å². The summed E-state index contributed by atoms with van der Waals surface area (Å²) < 4.78 is 4.89. The maximum atomic E-state index is 12.9. The number of fused-ring (bicyclic) bond motifs is 2. The molecular formula is C19H18ClN9O. The van der Waals surface area contributed by atoms with Crippen molar-refractivity contribution in [3.8, 4) is 6.07 Å². The fraction of sp³-hybridized carbons (Fsp3) is 0.368. The van der Waals surface area contributed by atoms with Gasteiger partial charge in [-0.1, -0.05) is 11.6 Å². The topological polar surface area (TPSA) is 119 Å². The van der Waals surface area contributed by atoms with Crippen molar-refractivity contribution in [1.29, 1.82) is 5.26 Å². The van der Waals surface area contributed by atoms with Gasteiger partial charge in [0.2, 0.25) is 5.95 Å². The van der Waals surface area contributed by atoms with Crippen molar-refractivity contribution in [2.75, 3.05) is 5.32 Å². The van der Waals surface area contributed by atoms with Crippen LogP contribution in [-0.4, -0.2) is 33.7 Å². The molecule has 4 aromatic rings. The molecule has 1 fully saturated rings. The monoisotopic (exact) mass is 423 g/mol. The predicted octanol–water partition coefficient (Wildman–Crippen LogP) is 2.82. The zero-order valence-electron chi connectivity index (χ0n) is 16.2. The first-order valence-corrected chi connectivity index (χ1v) is 10.0. The van der Waals surface area contributed by atoms with E-state index in [4.69, 9.17) is 16.9 Å². The highest BCUT2D eigenvalue weighted by molar-refractivity contribution is 6.33. The maximum Gasteiger partial charge on any atom is 0.330 e. The summed E-state index contributed by atoms with van der Waals surface area (Å²) in [5.41, 5.74) is 2.31. The standard InChI is InChI=1S/C19H18ClN9O/c1-27-15-8-22-18(25-14-9-28-16(6-13(14)20)23-10-24-28)26-17(15)29(19(27)30)12-4-2-11(7-21)3-5-12/h6,8-12H,2-5H2,1H3,(H,22,25,26). The highest BCUT2D eigenvalue weighted by atomic mass is 35.5. The molecule has 0 saturated heterocycles. The summed E-state index contributed by atoms with van der Waals surface area (Å²) in [5, 5.41) is 16.8. The fourth-order valence-electron chi connectivity index (χ4n) is 4.04. The van der Waals surface area contributed by atoms with E-state index in [1.807, 2.05) is 0 Å². The number of rotatable bonds is 3. The summed E-state index contributed by atoms with van der Waals surface area (Å²) in [6.45, 7) is 0. The number of nitrogens with zero attached hydrogens (tertiary/aromatic N) is 8. The van der Waals surface area contributed by atoms with Crippen LogP contribution in [-0.2, 0) is 7.05 Å². The van der Waals surface area contributed by atoms with Crippen molar-refractivity contribution in [2.45, 2.75) is 31.7 Å². The van der Waals surface area contributed by atoms with Gasteiger partial charge >= 0.3 is 5.69 Å². The Bertz CT molecular complexity index is 1350. The summed E-state index contributed by atoms with van der Waals surface area (Å²) in [4.78, 5) is 26.0. The second-order valence-electron chi connectivity index (χ2n) is 7.47. The van der Waals surface area contributed by atoms with Gasteiger partial charge in [0.1, 0.15) is 11.8 Å². The highest BCUT2D eigenvalue weighted by Crippen LogP contribution is 2.33. The molecule has 10 nitrogen and oxygen atoms in total. The molecule has 0 bridgehead atoms. The Labute approximate surface area is 175 Å². The summed E-state index contributed by atoms with van der Waals surface area (Å²) in [6, 6.07) is 4.05. The van der Waals surface area contributed by atoms with E-state index >= 15 is 0 Å². The first kappa shape index (κ1) is 18.6. The van der Waals surface area contributed by atoms with Crippen molar-refractivity contribution in [1.82, 2.24) is 33.7 Å². The van der Waals surface area contributed by atoms with Gasteiger partial charge < -0.3 is 5.32 Å². The Balaban J connectivity index is 1.54. The Morgan fingerprint density at radius 2 is 2.07 bits per heavy atom. The fourth-order valence-corrected chi connectivity index (χ4v) is 4.23. The molecular weight excluding hydrogens is 406 g/mol. The second-order valence-corrected chi connectivity index (χ2v) is 7.88. The molecule has 30 heavy (non-hydrogen) atoms. The molecule has 1 aliphatic rings. The van der Waals surface area contributed by atoms with Crippen molar-refractivity contribution in [3.05, 3.63) is 40.3 Å². The van der Waals surface area contributed by atoms with Gasteiger partial charge in [-0.3, -0.25) is 9.13 Å². The molecule has 152 valence electrons. The minimum Gasteiger partial charge on any atom is -0.322 e. The molecule has 0 amide bonds. The third-order valence-electron chi connectivity index (χ3n) is 5.69. The number of nitrogens with one attached hydrogen (secondary N) is 1. The summed E-state index contributed by atoms with van der Waals surface area (Å²) in [5.74, 6) is 0.390. The minimum atomic E-state index is -0.126. The smallest absolute Gasteiger partial charge is 0.322 e. The lowest BCUT2D eigenvalue weighted by atomic mass is 9.87.